The second-order valence-corrected chi connectivity index (χ2v) is 6.48. The first-order valence-electron chi connectivity index (χ1n) is 5.96. The number of hydrogen-bond donors (Lipinski definition) is 2. The minimum atomic E-state index is -3.30. The van der Waals surface area contributed by atoms with E-state index in [0.717, 1.165) is 11.8 Å². The van der Waals surface area contributed by atoms with E-state index >= 15 is 0 Å². The van der Waals surface area contributed by atoms with Gasteiger partial charge in [-0.2, -0.15) is 0 Å². The fraction of sp³-hybridized carbons (Fsp3) is 0.333. The minimum absolute atomic E-state index is 0.231. The number of nitrogens with two attached hydrogens (primary N) is 1. The number of carbonyl (C=O) groups is 2. The van der Waals surface area contributed by atoms with Crippen LogP contribution < -0.4 is 15.4 Å². The van der Waals surface area contributed by atoms with Gasteiger partial charge in [0, 0.05) is 12.1 Å². The highest BCUT2D eigenvalue weighted by atomic mass is 32.2. The molecule has 0 aromatic heterocycles. The molecule has 3 N–H and O–H groups in total. The molecule has 0 radical (unpaired) electrons. The fourth-order valence-electron chi connectivity index (χ4n) is 2.13. The average molecular weight is 297 g/mol. The van der Waals surface area contributed by atoms with Gasteiger partial charge in [-0.25, -0.2) is 8.42 Å². The molecular formula is C12H15N3O4S. The highest BCUT2D eigenvalue weighted by Gasteiger charge is 2.26. The monoisotopic (exact) mass is 297 g/mol. The van der Waals surface area contributed by atoms with Crippen LogP contribution in [0.25, 0.3) is 0 Å². The summed E-state index contributed by atoms with van der Waals surface area (Å²) < 4.78 is 24.5. The summed E-state index contributed by atoms with van der Waals surface area (Å²) in [6.45, 7) is 0.145. The van der Waals surface area contributed by atoms with Gasteiger partial charge in [-0.3, -0.25) is 13.9 Å². The summed E-state index contributed by atoms with van der Waals surface area (Å²) in [6, 6.07) is 4.76. The number of rotatable bonds is 4. The Morgan fingerprint density at radius 3 is 2.70 bits per heavy atom. The van der Waals surface area contributed by atoms with Gasteiger partial charge in [-0.1, -0.05) is 0 Å². The van der Waals surface area contributed by atoms with Crippen LogP contribution in [0.4, 0.5) is 5.69 Å². The van der Waals surface area contributed by atoms with Gasteiger partial charge >= 0.3 is 0 Å². The number of hydrogen-bond acceptors (Lipinski definition) is 4. The van der Waals surface area contributed by atoms with Gasteiger partial charge in [0.05, 0.1) is 18.5 Å². The van der Waals surface area contributed by atoms with Gasteiger partial charge in [-0.15, -0.1) is 0 Å². The van der Waals surface area contributed by atoms with E-state index < -0.39 is 21.8 Å². The van der Waals surface area contributed by atoms with Crippen molar-refractivity contribution < 1.29 is 18.0 Å². The van der Waals surface area contributed by atoms with Gasteiger partial charge in [0.2, 0.25) is 15.9 Å². The Bertz CT molecular complexity index is 669. The molecule has 0 saturated carbocycles. The summed E-state index contributed by atoms with van der Waals surface area (Å²) >= 11 is 0. The predicted molar refractivity (Wildman–Crippen MR) is 73.9 cm³/mol. The summed E-state index contributed by atoms with van der Waals surface area (Å²) in [5, 5.41) is 2.39. The SMILES string of the molecule is CS(=O)(=O)N1CCc2cc(C(=O)NCC(N)=O)ccc21. The highest BCUT2D eigenvalue weighted by molar-refractivity contribution is 7.92. The molecule has 0 bridgehead atoms. The zero-order chi connectivity index (χ0) is 14.9. The van der Waals surface area contributed by atoms with E-state index in [1.165, 1.54) is 10.4 Å². The van der Waals surface area contributed by atoms with E-state index in [1.807, 2.05) is 0 Å². The number of benzene rings is 1. The van der Waals surface area contributed by atoms with Crippen LogP contribution in [0, 0.1) is 0 Å². The van der Waals surface area contributed by atoms with E-state index in [0.29, 0.717) is 24.2 Å². The van der Waals surface area contributed by atoms with Crippen LogP contribution in [-0.4, -0.2) is 39.6 Å². The molecular weight excluding hydrogens is 282 g/mol. The number of primary amides is 1. The quantitative estimate of drug-likeness (QED) is 0.760. The molecule has 1 aromatic rings. The summed E-state index contributed by atoms with van der Waals surface area (Å²) in [6.07, 6.45) is 1.70. The fourth-order valence-corrected chi connectivity index (χ4v) is 3.09. The molecule has 0 fully saturated rings. The molecule has 108 valence electrons. The summed E-state index contributed by atoms with van der Waals surface area (Å²) in [7, 11) is -3.30. The number of sulfonamides is 1. The lowest BCUT2D eigenvalue weighted by Crippen LogP contribution is -2.33. The molecule has 1 heterocycles. The van der Waals surface area contributed by atoms with Crippen molar-refractivity contribution in [3.63, 3.8) is 0 Å². The Balaban J connectivity index is 2.22. The number of amides is 2. The maximum atomic E-state index is 11.8. The topological polar surface area (TPSA) is 110 Å². The molecule has 1 aliphatic rings. The van der Waals surface area contributed by atoms with Gasteiger partial charge in [0.25, 0.3) is 5.91 Å². The second-order valence-electron chi connectivity index (χ2n) is 4.58. The number of carbonyl (C=O) groups excluding carboxylic acids is 2. The number of nitrogens with zero attached hydrogens (tertiary/aromatic N) is 1. The van der Waals surface area contributed by atoms with Crippen LogP contribution >= 0.6 is 0 Å². The van der Waals surface area contributed by atoms with E-state index in [9.17, 15) is 18.0 Å². The van der Waals surface area contributed by atoms with Gasteiger partial charge in [0.1, 0.15) is 0 Å². The van der Waals surface area contributed by atoms with Crippen molar-refractivity contribution in [1.29, 1.82) is 0 Å². The van der Waals surface area contributed by atoms with Crippen molar-refractivity contribution in [2.75, 3.05) is 23.7 Å². The van der Waals surface area contributed by atoms with Crippen molar-refractivity contribution in [2.45, 2.75) is 6.42 Å². The van der Waals surface area contributed by atoms with Crippen LogP contribution in [0.5, 0.6) is 0 Å². The first-order valence-corrected chi connectivity index (χ1v) is 7.81. The molecule has 20 heavy (non-hydrogen) atoms. The molecule has 1 aromatic carbocycles. The largest absolute Gasteiger partial charge is 0.368 e. The van der Waals surface area contributed by atoms with Crippen molar-refractivity contribution >= 4 is 27.5 Å². The van der Waals surface area contributed by atoms with Gasteiger partial charge < -0.3 is 11.1 Å². The lowest BCUT2D eigenvalue weighted by atomic mass is 10.1. The van der Waals surface area contributed by atoms with Crippen molar-refractivity contribution in [1.82, 2.24) is 5.32 Å². The molecule has 0 saturated heterocycles. The lowest BCUT2D eigenvalue weighted by molar-refractivity contribution is -0.117. The summed E-state index contributed by atoms with van der Waals surface area (Å²) in [4.78, 5) is 22.4. The Morgan fingerprint density at radius 1 is 1.40 bits per heavy atom. The summed E-state index contributed by atoms with van der Waals surface area (Å²) in [5.74, 6) is -1.04. The van der Waals surface area contributed by atoms with E-state index in [1.54, 1.807) is 12.1 Å². The molecule has 2 rings (SSSR count). The van der Waals surface area contributed by atoms with E-state index in [2.05, 4.69) is 5.32 Å². The van der Waals surface area contributed by atoms with Crippen LogP contribution in [0.2, 0.25) is 0 Å². The van der Waals surface area contributed by atoms with Crippen LogP contribution in [0.3, 0.4) is 0 Å². The average Bonchev–Trinajstić information content (AvgIpc) is 2.78. The standard InChI is InChI=1S/C12H15N3O4S/c1-20(18,19)15-5-4-8-6-9(2-3-10(8)15)12(17)14-7-11(13)16/h2-3,6H,4-5,7H2,1H3,(H2,13,16)(H,14,17). The highest BCUT2D eigenvalue weighted by Crippen LogP contribution is 2.30. The number of anilines is 1. The molecule has 7 nitrogen and oxygen atoms in total. The Kier molecular flexibility index (Phi) is 3.67. The lowest BCUT2D eigenvalue weighted by Gasteiger charge is -2.16. The van der Waals surface area contributed by atoms with Crippen LogP contribution in [0.15, 0.2) is 18.2 Å². The van der Waals surface area contributed by atoms with Crippen molar-refractivity contribution in [3.8, 4) is 0 Å². The number of nitrogens with one attached hydrogen (secondary N) is 1. The molecule has 0 aliphatic carbocycles. The predicted octanol–water partition coefficient (Wildman–Crippen LogP) is -0.776. The zero-order valence-electron chi connectivity index (χ0n) is 10.9. The first kappa shape index (κ1) is 14.3. The maximum absolute atomic E-state index is 11.8. The smallest absolute Gasteiger partial charge is 0.251 e. The van der Waals surface area contributed by atoms with E-state index in [4.69, 9.17) is 5.73 Å². The number of fused-ring (bicyclic) bond motifs is 1. The molecule has 0 spiro atoms. The van der Waals surface area contributed by atoms with E-state index in [-0.39, 0.29) is 6.54 Å². The van der Waals surface area contributed by atoms with Crippen molar-refractivity contribution in [3.05, 3.63) is 29.3 Å². The Morgan fingerprint density at radius 2 is 2.10 bits per heavy atom. The summed E-state index contributed by atoms with van der Waals surface area (Å²) in [5.41, 5.74) is 6.71. The zero-order valence-corrected chi connectivity index (χ0v) is 11.7. The Labute approximate surface area is 116 Å². The normalized spacial score (nSPS) is 13.9. The molecule has 0 unspecified atom stereocenters. The van der Waals surface area contributed by atoms with Crippen LogP contribution in [-0.2, 0) is 21.2 Å². The second kappa shape index (κ2) is 5.12. The third-order valence-electron chi connectivity index (χ3n) is 3.02. The molecule has 8 heteroatoms. The molecule has 2 amide bonds. The van der Waals surface area contributed by atoms with Crippen LogP contribution in [0.1, 0.15) is 15.9 Å². The van der Waals surface area contributed by atoms with Gasteiger partial charge in [-0.05, 0) is 30.2 Å². The molecule has 0 atom stereocenters. The maximum Gasteiger partial charge on any atom is 0.251 e. The third kappa shape index (κ3) is 2.90. The Hall–Kier alpha value is -2.09. The third-order valence-corrected chi connectivity index (χ3v) is 4.20. The minimum Gasteiger partial charge on any atom is -0.368 e. The molecule has 1 aliphatic heterocycles. The first-order chi connectivity index (χ1) is 9.29. The van der Waals surface area contributed by atoms with Gasteiger partial charge in [0.15, 0.2) is 0 Å². The van der Waals surface area contributed by atoms with Crippen molar-refractivity contribution in [2.24, 2.45) is 5.73 Å².